The van der Waals surface area contributed by atoms with Gasteiger partial charge in [-0.05, 0) is 65.1 Å². The van der Waals surface area contributed by atoms with Gasteiger partial charge in [0, 0.05) is 3.57 Å². The van der Waals surface area contributed by atoms with Gasteiger partial charge < -0.3 is 9.47 Å². The fourth-order valence-electron chi connectivity index (χ4n) is 1.46. The summed E-state index contributed by atoms with van der Waals surface area (Å²) in [5, 5.41) is 0.375. The van der Waals surface area contributed by atoms with Gasteiger partial charge >= 0.3 is 5.97 Å². The lowest BCUT2D eigenvalue weighted by Gasteiger charge is -2.07. The molecule has 0 saturated carbocycles. The first-order chi connectivity index (χ1) is 9.10. The Kier molecular flexibility index (Phi) is 4.66. The monoisotopic (exact) mass is 388 g/mol. The number of ether oxygens (including phenoxy) is 2. The van der Waals surface area contributed by atoms with Crippen molar-refractivity contribution in [1.82, 2.24) is 0 Å². The van der Waals surface area contributed by atoms with E-state index in [4.69, 9.17) is 21.1 Å². The van der Waals surface area contributed by atoms with Gasteiger partial charge in [0.2, 0.25) is 0 Å². The first-order valence-corrected chi connectivity index (χ1v) is 6.87. The molecule has 2 rings (SSSR count). The number of carbonyl (C=O) groups is 1. The molecule has 0 heterocycles. The van der Waals surface area contributed by atoms with Crippen LogP contribution in [0.15, 0.2) is 42.5 Å². The van der Waals surface area contributed by atoms with Gasteiger partial charge in [0.05, 0.1) is 17.7 Å². The predicted molar refractivity (Wildman–Crippen MR) is 82.1 cm³/mol. The van der Waals surface area contributed by atoms with E-state index in [1.165, 1.54) is 13.2 Å². The van der Waals surface area contributed by atoms with Crippen molar-refractivity contribution in [3.8, 4) is 11.5 Å². The van der Waals surface area contributed by atoms with Gasteiger partial charge in [0.1, 0.15) is 11.5 Å². The fourth-order valence-corrected chi connectivity index (χ4v) is 2.08. The average molecular weight is 389 g/mol. The molecule has 0 radical (unpaired) electrons. The van der Waals surface area contributed by atoms with Crippen LogP contribution in [0.2, 0.25) is 5.02 Å². The van der Waals surface area contributed by atoms with E-state index in [0.717, 1.165) is 3.57 Å². The summed E-state index contributed by atoms with van der Waals surface area (Å²) in [7, 11) is 1.52. The molecule has 0 fully saturated rings. The maximum absolute atomic E-state index is 11.9. The molecule has 2 aromatic carbocycles. The largest absolute Gasteiger partial charge is 0.495 e. The zero-order chi connectivity index (χ0) is 13.8. The first-order valence-electron chi connectivity index (χ1n) is 5.41. The zero-order valence-electron chi connectivity index (χ0n) is 10.0. The van der Waals surface area contributed by atoms with Gasteiger partial charge in [-0.1, -0.05) is 11.6 Å². The van der Waals surface area contributed by atoms with Crippen molar-refractivity contribution in [2.75, 3.05) is 7.11 Å². The highest BCUT2D eigenvalue weighted by Gasteiger charge is 2.11. The second-order valence-electron chi connectivity index (χ2n) is 3.69. The Morgan fingerprint density at radius 3 is 2.42 bits per heavy atom. The summed E-state index contributed by atoms with van der Waals surface area (Å²) in [5.74, 6) is 0.565. The first kappa shape index (κ1) is 14.1. The molecular weight excluding hydrogens is 379 g/mol. The molecule has 0 saturated heterocycles. The third kappa shape index (κ3) is 3.61. The Hall–Kier alpha value is -1.27. The highest BCUT2D eigenvalue weighted by molar-refractivity contribution is 14.1. The molecule has 0 bridgehead atoms. The minimum Gasteiger partial charge on any atom is -0.495 e. The molecule has 0 aliphatic rings. The zero-order valence-corrected chi connectivity index (χ0v) is 12.9. The van der Waals surface area contributed by atoms with Crippen LogP contribution in [-0.4, -0.2) is 13.1 Å². The Balaban J connectivity index is 2.16. The SMILES string of the molecule is COc1ccc(C(=O)Oc2ccc(I)cc2)cc1Cl. The van der Waals surface area contributed by atoms with E-state index in [1.54, 1.807) is 24.3 Å². The quantitative estimate of drug-likeness (QED) is 0.450. The van der Waals surface area contributed by atoms with Gasteiger partial charge in [0.25, 0.3) is 0 Å². The van der Waals surface area contributed by atoms with Gasteiger partial charge in [-0.2, -0.15) is 0 Å². The van der Waals surface area contributed by atoms with Gasteiger partial charge in [-0.15, -0.1) is 0 Å². The molecular formula is C14H10ClIO3. The maximum Gasteiger partial charge on any atom is 0.343 e. The maximum atomic E-state index is 11.9. The Morgan fingerprint density at radius 2 is 1.84 bits per heavy atom. The number of halogens is 2. The summed E-state index contributed by atoms with van der Waals surface area (Å²) in [6.45, 7) is 0. The van der Waals surface area contributed by atoms with Crippen LogP contribution in [-0.2, 0) is 0 Å². The molecule has 0 aromatic heterocycles. The smallest absolute Gasteiger partial charge is 0.343 e. The molecule has 0 aliphatic heterocycles. The lowest BCUT2D eigenvalue weighted by atomic mass is 10.2. The van der Waals surface area contributed by atoms with Gasteiger partial charge in [-0.3, -0.25) is 0 Å². The predicted octanol–water partition coefficient (Wildman–Crippen LogP) is 4.17. The molecule has 2 aromatic rings. The minimum absolute atomic E-state index is 0.375. The lowest BCUT2D eigenvalue weighted by Crippen LogP contribution is -2.08. The van der Waals surface area contributed by atoms with Crippen LogP contribution in [0.1, 0.15) is 10.4 Å². The molecule has 5 heteroatoms. The molecule has 3 nitrogen and oxygen atoms in total. The summed E-state index contributed by atoms with van der Waals surface area (Å²) in [6, 6.07) is 12.0. The summed E-state index contributed by atoms with van der Waals surface area (Å²) in [6.07, 6.45) is 0. The number of methoxy groups -OCH3 is 1. The summed E-state index contributed by atoms with van der Waals surface area (Å²) in [5.41, 5.74) is 0.379. The Morgan fingerprint density at radius 1 is 1.16 bits per heavy atom. The molecule has 0 aliphatic carbocycles. The van der Waals surface area contributed by atoms with Crippen LogP contribution in [0, 0.1) is 3.57 Å². The van der Waals surface area contributed by atoms with Crippen molar-refractivity contribution < 1.29 is 14.3 Å². The van der Waals surface area contributed by atoms with Crippen LogP contribution in [0.5, 0.6) is 11.5 Å². The summed E-state index contributed by atoms with van der Waals surface area (Å²) >= 11 is 8.15. The van der Waals surface area contributed by atoms with Crippen molar-refractivity contribution in [3.63, 3.8) is 0 Å². The standard InChI is InChI=1S/C14H10ClIO3/c1-18-13-7-2-9(8-12(13)15)14(17)19-11-5-3-10(16)4-6-11/h2-8H,1H3. The molecule has 0 spiro atoms. The molecule has 19 heavy (non-hydrogen) atoms. The molecule has 0 amide bonds. The number of hydrogen-bond donors (Lipinski definition) is 0. The Labute approximate surface area is 129 Å². The molecule has 0 atom stereocenters. The highest BCUT2D eigenvalue weighted by Crippen LogP contribution is 2.25. The van der Waals surface area contributed by atoms with E-state index in [1.807, 2.05) is 12.1 Å². The highest BCUT2D eigenvalue weighted by atomic mass is 127. The minimum atomic E-state index is -0.453. The normalized spacial score (nSPS) is 10.1. The van der Waals surface area contributed by atoms with Crippen molar-refractivity contribution in [2.24, 2.45) is 0 Å². The summed E-state index contributed by atoms with van der Waals surface area (Å²) < 4.78 is 11.3. The summed E-state index contributed by atoms with van der Waals surface area (Å²) in [4.78, 5) is 11.9. The van der Waals surface area contributed by atoms with Gasteiger partial charge in [-0.25, -0.2) is 4.79 Å². The van der Waals surface area contributed by atoms with E-state index in [9.17, 15) is 4.79 Å². The van der Waals surface area contributed by atoms with Crippen molar-refractivity contribution in [3.05, 3.63) is 56.6 Å². The van der Waals surface area contributed by atoms with E-state index in [-0.39, 0.29) is 0 Å². The fraction of sp³-hybridized carbons (Fsp3) is 0.0714. The van der Waals surface area contributed by atoms with Gasteiger partial charge in [0.15, 0.2) is 0 Å². The van der Waals surface area contributed by atoms with Crippen LogP contribution < -0.4 is 9.47 Å². The van der Waals surface area contributed by atoms with Crippen molar-refractivity contribution >= 4 is 40.2 Å². The third-order valence-electron chi connectivity index (χ3n) is 2.41. The average Bonchev–Trinajstić information content (AvgIpc) is 2.41. The van der Waals surface area contributed by atoms with Crippen LogP contribution in [0.25, 0.3) is 0 Å². The number of esters is 1. The molecule has 98 valence electrons. The van der Waals surface area contributed by atoms with Crippen LogP contribution in [0.3, 0.4) is 0 Å². The third-order valence-corrected chi connectivity index (χ3v) is 3.43. The second-order valence-corrected chi connectivity index (χ2v) is 5.35. The second kappa shape index (κ2) is 6.25. The van der Waals surface area contributed by atoms with E-state index < -0.39 is 5.97 Å². The van der Waals surface area contributed by atoms with Crippen LogP contribution in [0.4, 0.5) is 0 Å². The van der Waals surface area contributed by atoms with E-state index in [0.29, 0.717) is 22.1 Å². The molecule has 0 unspecified atom stereocenters. The van der Waals surface area contributed by atoms with Crippen LogP contribution >= 0.6 is 34.2 Å². The Bertz CT molecular complexity index is 596. The number of carbonyl (C=O) groups excluding carboxylic acids is 1. The van der Waals surface area contributed by atoms with Crippen molar-refractivity contribution in [2.45, 2.75) is 0 Å². The number of hydrogen-bond acceptors (Lipinski definition) is 3. The van der Waals surface area contributed by atoms with E-state index in [2.05, 4.69) is 22.6 Å². The van der Waals surface area contributed by atoms with Crippen molar-refractivity contribution in [1.29, 1.82) is 0 Å². The van der Waals surface area contributed by atoms with E-state index >= 15 is 0 Å². The number of benzene rings is 2. The number of rotatable bonds is 3. The topological polar surface area (TPSA) is 35.5 Å². The lowest BCUT2D eigenvalue weighted by molar-refractivity contribution is 0.0734. The molecule has 0 N–H and O–H groups in total.